The Morgan fingerprint density at radius 2 is 1.77 bits per heavy atom. The molecule has 0 atom stereocenters. The van der Waals surface area contributed by atoms with Crippen molar-refractivity contribution >= 4 is 22.5 Å². The third-order valence-corrected chi connectivity index (χ3v) is 7.55. The van der Waals surface area contributed by atoms with Crippen LogP contribution >= 0.6 is 0 Å². The first-order valence-electron chi connectivity index (χ1n) is 13.1. The quantitative estimate of drug-likeness (QED) is 0.312. The molecule has 7 nitrogen and oxygen atoms in total. The molecular formula is C32H26N6O. The van der Waals surface area contributed by atoms with E-state index >= 15 is 0 Å². The lowest BCUT2D eigenvalue weighted by atomic mass is 9.95. The van der Waals surface area contributed by atoms with Gasteiger partial charge in [-0.3, -0.25) is 14.2 Å². The summed E-state index contributed by atoms with van der Waals surface area (Å²) in [5, 5.41) is 12.9. The molecule has 0 radical (unpaired) electrons. The van der Waals surface area contributed by atoms with Gasteiger partial charge in [0.05, 0.1) is 23.2 Å². The van der Waals surface area contributed by atoms with Crippen molar-refractivity contribution < 1.29 is 4.79 Å². The topological polar surface area (TPSA) is 85.1 Å². The van der Waals surface area contributed by atoms with Crippen LogP contribution in [0.1, 0.15) is 29.8 Å². The number of carbonyl (C=O) groups is 1. The normalized spacial score (nSPS) is 14.0. The van der Waals surface area contributed by atoms with Crippen molar-refractivity contribution in [2.24, 2.45) is 0 Å². The van der Waals surface area contributed by atoms with Gasteiger partial charge in [0.2, 0.25) is 5.91 Å². The second kappa shape index (κ2) is 9.13. The molecule has 6 aromatic rings. The fraction of sp³-hybridized carbons (Fsp3) is 0.156. The molecule has 1 amide bonds. The molecule has 1 fully saturated rings. The van der Waals surface area contributed by atoms with Crippen LogP contribution < -0.4 is 5.32 Å². The molecule has 4 aromatic heterocycles. The monoisotopic (exact) mass is 510 g/mol. The first-order valence-corrected chi connectivity index (χ1v) is 13.1. The van der Waals surface area contributed by atoms with Crippen LogP contribution in [-0.4, -0.2) is 30.5 Å². The summed E-state index contributed by atoms with van der Waals surface area (Å²) in [5.74, 6) is 0.858. The smallest absolute Gasteiger partial charge is 0.225 e. The van der Waals surface area contributed by atoms with Gasteiger partial charge in [-0.25, -0.2) is 4.98 Å². The highest BCUT2D eigenvalue weighted by Gasteiger charge is 2.45. The van der Waals surface area contributed by atoms with E-state index in [9.17, 15) is 4.79 Å². The lowest BCUT2D eigenvalue weighted by Gasteiger charge is -2.19. The second-order valence-electron chi connectivity index (χ2n) is 10.2. The summed E-state index contributed by atoms with van der Waals surface area (Å²) in [5.41, 5.74) is 7.46. The summed E-state index contributed by atoms with van der Waals surface area (Å²) in [4.78, 5) is 22.0. The number of aromatic nitrogens is 5. The highest BCUT2D eigenvalue weighted by atomic mass is 16.1. The van der Waals surface area contributed by atoms with Gasteiger partial charge in [0, 0.05) is 35.1 Å². The fourth-order valence-electron chi connectivity index (χ4n) is 5.33. The largest absolute Gasteiger partial charge is 0.346 e. The van der Waals surface area contributed by atoms with Gasteiger partial charge in [-0.05, 0) is 54.7 Å². The molecule has 1 aliphatic rings. The molecule has 0 spiro atoms. The molecular weight excluding hydrogens is 484 g/mol. The van der Waals surface area contributed by atoms with Crippen LogP contribution in [0.15, 0.2) is 97.5 Å². The van der Waals surface area contributed by atoms with Crippen molar-refractivity contribution in [1.29, 1.82) is 0 Å². The maximum atomic E-state index is 12.8. The van der Waals surface area contributed by atoms with Crippen LogP contribution in [0.25, 0.3) is 38.9 Å². The first-order chi connectivity index (χ1) is 19.1. The van der Waals surface area contributed by atoms with E-state index in [2.05, 4.69) is 63.0 Å². The molecule has 190 valence electrons. The van der Waals surface area contributed by atoms with Gasteiger partial charge in [-0.15, -0.1) is 10.2 Å². The summed E-state index contributed by atoms with van der Waals surface area (Å²) < 4.78 is 1.99. The number of aryl methyl sites for hydroxylation is 1. The number of fused-ring (bicyclic) bond motifs is 3. The Balaban J connectivity index is 1.25. The maximum Gasteiger partial charge on any atom is 0.225 e. The summed E-state index contributed by atoms with van der Waals surface area (Å²) in [6.45, 7) is 1.95. The first kappa shape index (κ1) is 23.2. The van der Waals surface area contributed by atoms with E-state index in [0.717, 1.165) is 68.7 Å². The Hall–Kier alpha value is -4.91. The minimum absolute atomic E-state index is 0.0159. The van der Waals surface area contributed by atoms with E-state index in [1.807, 2.05) is 53.9 Å². The molecule has 0 saturated heterocycles. The van der Waals surface area contributed by atoms with Crippen molar-refractivity contribution in [3.05, 3.63) is 114 Å². The second-order valence-corrected chi connectivity index (χ2v) is 10.2. The number of nitrogens with one attached hydrogen (secondary N) is 1. The molecule has 1 aliphatic carbocycles. The Morgan fingerprint density at radius 3 is 2.51 bits per heavy atom. The van der Waals surface area contributed by atoms with Gasteiger partial charge >= 0.3 is 0 Å². The summed E-state index contributed by atoms with van der Waals surface area (Å²) >= 11 is 0. The van der Waals surface area contributed by atoms with Crippen LogP contribution in [0.4, 0.5) is 0 Å². The van der Waals surface area contributed by atoms with Crippen LogP contribution in [0.5, 0.6) is 0 Å². The zero-order valence-corrected chi connectivity index (χ0v) is 21.5. The third-order valence-electron chi connectivity index (χ3n) is 7.55. The summed E-state index contributed by atoms with van der Waals surface area (Å²) in [7, 11) is 0. The van der Waals surface area contributed by atoms with E-state index in [1.54, 1.807) is 12.4 Å². The zero-order chi connectivity index (χ0) is 26.4. The number of hydrogen-bond acceptors (Lipinski definition) is 5. The molecule has 7 rings (SSSR count). The molecule has 7 heteroatoms. The van der Waals surface area contributed by atoms with Crippen molar-refractivity contribution in [3.8, 4) is 22.4 Å². The molecule has 1 saturated carbocycles. The standard InChI is InChI=1S/C32H26N6O/c1-21-36-37-31-27-19-26(23-7-3-2-4-8-23)30(34-28(27)13-17-38(21)31)24-9-11-25(12-10-24)32(14-15-32)35-29(39)18-22-6-5-16-33-20-22/h2-13,16-17,19-20H,14-15,18H2,1H3,(H,35,39). The molecule has 1 N–H and O–H groups in total. The third kappa shape index (κ3) is 4.22. The Bertz CT molecular complexity index is 1820. The number of benzene rings is 2. The Morgan fingerprint density at radius 1 is 0.949 bits per heavy atom. The van der Waals surface area contributed by atoms with Gasteiger partial charge in [0.25, 0.3) is 0 Å². The summed E-state index contributed by atoms with van der Waals surface area (Å²) in [6, 6.07) is 26.8. The molecule has 0 bridgehead atoms. The number of rotatable bonds is 6. The van der Waals surface area contributed by atoms with Crippen molar-refractivity contribution in [2.45, 2.75) is 31.7 Å². The van der Waals surface area contributed by atoms with E-state index < -0.39 is 0 Å². The molecule has 0 aliphatic heterocycles. The number of nitrogens with zero attached hydrogens (tertiary/aromatic N) is 5. The van der Waals surface area contributed by atoms with E-state index in [1.165, 1.54) is 0 Å². The lowest BCUT2D eigenvalue weighted by Crippen LogP contribution is -2.35. The van der Waals surface area contributed by atoms with Crippen LogP contribution in [0, 0.1) is 6.92 Å². The van der Waals surface area contributed by atoms with Gasteiger partial charge in [0.15, 0.2) is 5.65 Å². The predicted molar refractivity (Wildman–Crippen MR) is 151 cm³/mol. The van der Waals surface area contributed by atoms with Crippen LogP contribution in [-0.2, 0) is 16.8 Å². The Labute approximate surface area is 225 Å². The maximum absolute atomic E-state index is 12.8. The van der Waals surface area contributed by atoms with Crippen molar-refractivity contribution in [2.75, 3.05) is 0 Å². The number of hydrogen-bond donors (Lipinski definition) is 1. The van der Waals surface area contributed by atoms with Gasteiger partial charge in [-0.1, -0.05) is 60.7 Å². The number of pyridine rings is 3. The molecule has 0 unspecified atom stereocenters. The minimum atomic E-state index is -0.298. The van der Waals surface area contributed by atoms with Crippen molar-refractivity contribution in [3.63, 3.8) is 0 Å². The van der Waals surface area contributed by atoms with Gasteiger partial charge in [0.1, 0.15) is 5.82 Å². The highest BCUT2D eigenvalue weighted by molar-refractivity contribution is 5.98. The fourth-order valence-corrected chi connectivity index (χ4v) is 5.33. The van der Waals surface area contributed by atoms with Crippen LogP contribution in [0.2, 0.25) is 0 Å². The van der Waals surface area contributed by atoms with Crippen molar-refractivity contribution in [1.82, 2.24) is 29.9 Å². The predicted octanol–water partition coefficient (Wildman–Crippen LogP) is 5.66. The highest BCUT2D eigenvalue weighted by Crippen LogP contribution is 2.46. The average molecular weight is 511 g/mol. The van der Waals surface area contributed by atoms with E-state index in [0.29, 0.717) is 6.42 Å². The van der Waals surface area contributed by atoms with Gasteiger partial charge in [-0.2, -0.15) is 0 Å². The number of amides is 1. The minimum Gasteiger partial charge on any atom is -0.346 e. The van der Waals surface area contributed by atoms with E-state index in [4.69, 9.17) is 4.98 Å². The number of carbonyl (C=O) groups excluding carboxylic acids is 1. The molecule has 4 heterocycles. The van der Waals surface area contributed by atoms with E-state index in [-0.39, 0.29) is 11.4 Å². The Kier molecular flexibility index (Phi) is 5.44. The zero-order valence-electron chi connectivity index (χ0n) is 21.5. The molecule has 2 aromatic carbocycles. The average Bonchev–Trinajstić information content (AvgIpc) is 3.66. The van der Waals surface area contributed by atoms with Gasteiger partial charge < -0.3 is 5.32 Å². The SMILES string of the molecule is Cc1nnc2c3cc(-c4ccccc4)c(-c4ccc(C5(NC(=O)Cc6cccnc6)CC5)cc4)nc3ccn12. The summed E-state index contributed by atoms with van der Waals surface area (Å²) in [6.07, 6.45) is 7.62. The lowest BCUT2D eigenvalue weighted by molar-refractivity contribution is -0.121. The van der Waals surface area contributed by atoms with Crippen LogP contribution in [0.3, 0.4) is 0 Å². The molecule has 39 heavy (non-hydrogen) atoms.